The van der Waals surface area contributed by atoms with Gasteiger partial charge in [0.25, 0.3) is 0 Å². The van der Waals surface area contributed by atoms with Crippen molar-refractivity contribution in [3.63, 3.8) is 0 Å². The number of rotatable bonds is 6. The number of ketones is 1. The Balaban J connectivity index is 2.20. The lowest BCUT2D eigenvalue weighted by molar-refractivity contribution is 0.0466. The van der Waals surface area contributed by atoms with Crippen molar-refractivity contribution in [3.05, 3.63) is 58.7 Å². The van der Waals surface area contributed by atoms with Crippen LogP contribution in [-0.4, -0.2) is 23.5 Å². The molecule has 5 nitrogen and oxygen atoms in total. The number of phenols is 1. The number of carbonyl (C=O) groups is 2. The monoisotopic (exact) mass is 328 g/mol. The second-order valence-corrected chi connectivity index (χ2v) is 5.41. The van der Waals surface area contributed by atoms with Crippen molar-refractivity contribution in [2.75, 3.05) is 6.61 Å². The minimum atomic E-state index is -0.633. The highest BCUT2D eigenvalue weighted by molar-refractivity contribution is 5.94. The third kappa shape index (κ3) is 4.13. The van der Waals surface area contributed by atoms with E-state index in [2.05, 4.69) is 0 Å². The maximum absolute atomic E-state index is 12.2. The molecule has 1 N–H and O–H groups in total. The van der Waals surface area contributed by atoms with E-state index in [0.717, 1.165) is 5.56 Å². The summed E-state index contributed by atoms with van der Waals surface area (Å²) in [7, 11) is 0. The predicted molar refractivity (Wildman–Crippen MR) is 89.6 cm³/mol. The molecule has 0 saturated heterocycles. The molecule has 0 saturated carbocycles. The molecule has 0 aliphatic rings. The van der Waals surface area contributed by atoms with Crippen LogP contribution in [0, 0.1) is 6.92 Å². The molecule has 2 aromatic rings. The Hall–Kier alpha value is -2.82. The standard InChI is InChI=1S/C19H20O5/c1-4-23-18-8-6-14(13(3)20)10-15(18)11-24-19(22)16-9-12(2)5-7-17(16)21/h5-10,21H,4,11H2,1-3H3. The molecule has 2 aromatic carbocycles. The molecule has 0 spiro atoms. The number of hydrogen-bond acceptors (Lipinski definition) is 5. The van der Waals surface area contributed by atoms with Crippen LogP contribution in [0.4, 0.5) is 0 Å². The fourth-order valence-corrected chi connectivity index (χ4v) is 2.24. The first-order valence-electron chi connectivity index (χ1n) is 7.65. The predicted octanol–water partition coefficient (Wildman–Crippen LogP) is 3.66. The molecular weight excluding hydrogens is 308 g/mol. The molecule has 24 heavy (non-hydrogen) atoms. The molecular formula is C19H20O5. The first kappa shape index (κ1) is 17.5. The first-order valence-corrected chi connectivity index (χ1v) is 7.65. The zero-order valence-corrected chi connectivity index (χ0v) is 14.0. The van der Waals surface area contributed by atoms with Gasteiger partial charge in [-0.25, -0.2) is 4.79 Å². The van der Waals surface area contributed by atoms with Crippen molar-refractivity contribution in [2.24, 2.45) is 0 Å². The highest BCUT2D eigenvalue weighted by atomic mass is 16.5. The van der Waals surface area contributed by atoms with Gasteiger partial charge in [0.2, 0.25) is 0 Å². The highest BCUT2D eigenvalue weighted by Gasteiger charge is 2.15. The van der Waals surface area contributed by atoms with Gasteiger partial charge in [0.15, 0.2) is 5.78 Å². The Morgan fingerprint density at radius 2 is 1.88 bits per heavy atom. The Morgan fingerprint density at radius 3 is 2.54 bits per heavy atom. The van der Waals surface area contributed by atoms with Gasteiger partial charge in [-0.15, -0.1) is 0 Å². The summed E-state index contributed by atoms with van der Waals surface area (Å²) in [6.07, 6.45) is 0. The Kier molecular flexibility index (Phi) is 5.58. The van der Waals surface area contributed by atoms with Gasteiger partial charge in [-0.1, -0.05) is 11.6 Å². The van der Waals surface area contributed by atoms with Gasteiger partial charge < -0.3 is 14.6 Å². The number of ether oxygens (including phenoxy) is 2. The number of carbonyl (C=O) groups excluding carboxylic acids is 2. The van der Waals surface area contributed by atoms with Crippen molar-refractivity contribution in [3.8, 4) is 11.5 Å². The molecule has 0 aliphatic carbocycles. The van der Waals surface area contributed by atoms with E-state index in [-0.39, 0.29) is 23.7 Å². The number of benzene rings is 2. The number of Topliss-reactive ketones (excluding diaryl/α,β-unsaturated/α-hetero) is 1. The van der Waals surface area contributed by atoms with E-state index in [9.17, 15) is 14.7 Å². The largest absolute Gasteiger partial charge is 0.507 e. The van der Waals surface area contributed by atoms with E-state index >= 15 is 0 Å². The van der Waals surface area contributed by atoms with Gasteiger partial charge in [0.1, 0.15) is 23.7 Å². The van der Waals surface area contributed by atoms with Crippen molar-refractivity contribution in [1.82, 2.24) is 0 Å². The molecule has 0 radical (unpaired) electrons. The first-order chi connectivity index (χ1) is 11.4. The average Bonchev–Trinajstić information content (AvgIpc) is 2.55. The second-order valence-electron chi connectivity index (χ2n) is 5.41. The van der Waals surface area contributed by atoms with Gasteiger partial charge in [-0.3, -0.25) is 4.79 Å². The fourth-order valence-electron chi connectivity index (χ4n) is 2.24. The maximum atomic E-state index is 12.2. The van der Waals surface area contributed by atoms with E-state index in [4.69, 9.17) is 9.47 Å². The summed E-state index contributed by atoms with van der Waals surface area (Å²) in [5, 5.41) is 9.79. The van der Waals surface area contributed by atoms with E-state index in [0.29, 0.717) is 23.5 Å². The molecule has 0 heterocycles. The quantitative estimate of drug-likeness (QED) is 0.647. The summed E-state index contributed by atoms with van der Waals surface area (Å²) in [5.74, 6) is -0.286. The summed E-state index contributed by atoms with van der Waals surface area (Å²) in [5.41, 5.74) is 2.07. The number of aryl methyl sites for hydroxylation is 1. The molecule has 0 unspecified atom stereocenters. The van der Waals surface area contributed by atoms with Crippen molar-refractivity contribution in [2.45, 2.75) is 27.4 Å². The van der Waals surface area contributed by atoms with Crippen LogP contribution in [0.5, 0.6) is 11.5 Å². The molecule has 0 aliphatic heterocycles. The Morgan fingerprint density at radius 1 is 1.12 bits per heavy atom. The number of aromatic hydroxyl groups is 1. The van der Waals surface area contributed by atoms with Gasteiger partial charge in [-0.2, -0.15) is 0 Å². The Labute approximate surface area is 140 Å². The van der Waals surface area contributed by atoms with Gasteiger partial charge in [0, 0.05) is 11.1 Å². The molecule has 0 amide bonds. The third-order valence-corrected chi connectivity index (χ3v) is 3.50. The molecule has 0 aromatic heterocycles. The summed E-state index contributed by atoms with van der Waals surface area (Å²) >= 11 is 0. The number of phenolic OH excluding ortho intramolecular Hbond substituents is 1. The SMILES string of the molecule is CCOc1ccc(C(C)=O)cc1COC(=O)c1cc(C)ccc1O. The normalized spacial score (nSPS) is 10.3. The number of hydrogen-bond donors (Lipinski definition) is 1. The van der Waals surface area contributed by atoms with Crippen molar-refractivity contribution in [1.29, 1.82) is 0 Å². The lowest BCUT2D eigenvalue weighted by atomic mass is 10.1. The maximum Gasteiger partial charge on any atom is 0.342 e. The highest BCUT2D eigenvalue weighted by Crippen LogP contribution is 2.24. The van der Waals surface area contributed by atoms with Crippen molar-refractivity contribution < 1.29 is 24.2 Å². The summed E-state index contributed by atoms with van der Waals surface area (Å²) in [4.78, 5) is 23.7. The number of esters is 1. The topological polar surface area (TPSA) is 72.8 Å². The Bertz CT molecular complexity index is 764. The van der Waals surface area contributed by atoms with Crippen LogP contribution >= 0.6 is 0 Å². The van der Waals surface area contributed by atoms with Crippen LogP contribution in [0.15, 0.2) is 36.4 Å². The molecule has 5 heteroatoms. The van der Waals surface area contributed by atoms with Gasteiger partial charge in [-0.05, 0) is 51.1 Å². The average molecular weight is 328 g/mol. The molecule has 126 valence electrons. The summed E-state index contributed by atoms with van der Waals surface area (Å²) in [6, 6.07) is 9.73. The minimum Gasteiger partial charge on any atom is -0.507 e. The van der Waals surface area contributed by atoms with Crippen LogP contribution in [0.3, 0.4) is 0 Å². The zero-order chi connectivity index (χ0) is 17.7. The minimum absolute atomic E-state index is 0.0529. The lowest BCUT2D eigenvalue weighted by Crippen LogP contribution is -2.08. The molecule has 0 fully saturated rings. The van der Waals surface area contributed by atoms with Crippen LogP contribution in [0.1, 0.15) is 45.7 Å². The molecule has 0 bridgehead atoms. The van der Waals surface area contributed by atoms with E-state index < -0.39 is 5.97 Å². The molecule has 0 atom stereocenters. The van der Waals surface area contributed by atoms with Gasteiger partial charge >= 0.3 is 5.97 Å². The smallest absolute Gasteiger partial charge is 0.342 e. The molecule has 2 rings (SSSR count). The van der Waals surface area contributed by atoms with Crippen LogP contribution in [-0.2, 0) is 11.3 Å². The van der Waals surface area contributed by atoms with Crippen molar-refractivity contribution >= 4 is 11.8 Å². The third-order valence-electron chi connectivity index (χ3n) is 3.50. The fraction of sp³-hybridized carbons (Fsp3) is 0.263. The summed E-state index contributed by atoms with van der Waals surface area (Å²) < 4.78 is 10.8. The summed E-state index contributed by atoms with van der Waals surface area (Å²) in [6.45, 7) is 5.54. The second kappa shape index (κ2) is 7.64. The lowest BCUT2D eigenvalue weighted by Gasteiger charge is -2.12. The van der Waals surface area contributed by atoms with Crippen LogP contribution in [0.25, 0.3) is 0 Å². The van der Waals surface area contributed by atoms with Crippen LogP contribution in [0.2, 0.25) is 0 Å². The van der Waals surface area contributed by atoms with Crippen LogP contribution < -0.4 is 4.74 Å². The zero-order valence-electron chi connectivity index (χ0n) is 14.0. The van der Waals surface area contributed by atoms with E-state index in [1.54, 1.807) is 30.3 Å². The van der Waals surface area contributed by atoms with Gasteiger partial charge in [0.05, 0.1) is 6.61 Å². The van der Waals surface area contributed by atoms with E-state index in [1.807, 2.05) is 13.8 Å². The van der Waals surface area contributed by atoms with E-state index in [1.165, 1.54) is 13.0 Å².